The van der Waals surface area contributed by atoms with Crippen molar-refractivity contribution < 1.29 is 0 Å². The Morgan fingerprint density at radius 3 is 2.43 bits per heavy atom. The molecule has 0 N–H and O–H groups in total. The molecule has 0 unspecified atom stereocenters. The van der Waals surface area contributed by atoms with E-state index in [-0.39, 0.29) is 0 Å². The molecule has 0 bridgehead atoms. The zero-order valence-electron chi connectivity index (χ0n) is 22.4. The first kappa shape index (κ1) is 25.8. The summed E-state index contributed by atoms with van der Waals surface area (Å²) < 4.78 is 0. The molecule has 4 rings (SSSR count). The van der Waals surface area contributed by atoms with Crippen molar-refractivity contribution in [3.05, 3.63) is 145 Å². The van der Waals surface area contributed by atoms with Crippen LogP contribution in [0, 0.1) is 13.8 Å². The van der Waals surface area contributed by atoms with Crippen LogP contribution in [0.25, 0.3) is 11.1 Å². The number of fused-ring (bicyclic) bond motifs is 1. The van der Waals surface area contributed by atoms with E-state index in [1.165, 1.54) is 11.1 Å². The standard InChI is InChI=1S/C35H36N2/c1-7-8-10-17-28(4)34-32(36(6)30-19-13-15-26(2)24-30)21-22-33-35(34)29(5)18-11-9-12-23-37(33)31-20-14-16-27(3)25-31/h7-22,24-25H,4-5,23H2,1-3,6H3/b8-7-,12-9-,17-10-,18-11-. The molecule has 2 nitrogen and oxygen atoms in total. The summed E-state index contributed by atoms with van der Waals surface area (Å²) in [4.78, 5) is 4.61. The number of hydrogen-bond acceptors (Lipinski definition) is 2. The third kappa shape index (κ3) is 5.76. The van der Waals surface area contributed by atoms with Crippen LogP contribution in [-0.2, 0) is 0 Å². The Labute approximate surface area is 222 Å². The lowest BCUT2D eigenvalue weighted by Crippen LogP contribution is -2.20. The maximum atomic E-state index is 4.54. The van der Waals surface area contributed by atoms with E-state index in [2.05, 4.69) is 135 Å². The lowest BCUT2D eigenvalue weighted by atomic mass is 9.90. The highest BCUT2D eigenvalue weighted by atomic mass is 15.1. The molecule has 0 spiro atoms. The molecule has 3 aromatic carbocycles. The molecule has 1 aliphatic heterocycles. The summed E-state index contributed by atoms with van der Waals surface area (Å²) in [5.74, 6) is 0. The molecule has 0 fully saturated rings. The van der Waals surface area contributed by atoms with Crippen LogP contribution in [0.4, 0.5) is 22.7 Å². The van der Waals surface area contributed by atoms with Crippen molar-refractivity contribution >= 4 is 33.9 Å². The number of aryl methyl sites for hydroxylation is 2. The van der Waals surface area contributed by atoms with E-state index in [0.717, 1.165) is 51.6 Å². The lowest BCUT2D eigenvalue weighted by Gasteiger charge is -2.31. The minimum atomic E-state index is 0.751. The highest BCUT2D eigenvalue weighted by Gasteiger charge is 2.23. The molecule has 0 atom stereocenters. The molecule has 0 saturated heterocycles. The van der Waals surface area contributed by atoms with Gasteiger partial charge in [0.25, 0.3) is 0 Å². The van der Waals surface area contributed by atoms with Gasteiger partial charge in [0.05, 0.1) is 5.69 Å². The van der Waals surface area contributed by atoms with Gasteiger partial charge in [0.2, 0.25) is 0 Å². The molecular formula is C35H36N2. The van der Waals surface area contributed by atoms with Crippen molar-refractivity contribution in [2.24, 2.45) is 0 Å². The van der Waals surface area contributed by atoms with Gasteiger partial charge in [-0.15, -0.1) is 0 Å². The number of benzene rings is 3. The molecule has 1 aliphatic rings. The number of nitrogens with zero attached hydrogens (tertiary/aromatic N) is 2. The van der Waals surface area contributed by atoms with E-state index in [4.69, 9.17) is 0 Å². The van der Waals surface area contributed by atoms with Crippen LogP contribution in [0.2, 0.25) is 0 Å². The molecular weight excluding hydrogens is 448 g/mol. The summed E-state index contributed by atoms with van der Waals surface area (Å²) in [5.41, 5.74) is 11.0. The Kier molecular flexibility index (Phi) is 8.10. The SMILES string of the molecule is C=C(/C=C\C=C/C)c1c(N(C)c2cccc(C)c2)ccc2c1C(=C)/C=C\C=C/CN2c1cccc(C)c1. The zero-order chi connectivity index (χ0) is 26.4. The van der Waals surface area contributed by atoms with E-state index in [9.17, 15) is 0 Å². The van der Waals surface area contributed by atoms with Gasteiger partial charge in [-0.3, -0.25) is 0 Å². The molecule has 1 heterocycles. The highest BCUT2D eigenvalue weighted by Crippen LogP contribution is 2.44. The first-order valence-corrected chi connectivity index (χ1v) is 12.7. The van der Waals surface area contributed by atoms with Crippen molar-refractivity contribution in [2.45, 2.75) is 20.8 Å². The van der Waals surface area contributed by atoms with Crippen LogP contribution in [0.1, 0.15) is 29.2 Å². The third-order valence-corrected chi connectivity index (χ3v) is 6.59. The smallest absolute Gasteiger partial charge is 0.0501 e. The molecule has 186 valence electrons. The van der Waals surface area contributed by atoms with Gasteiger partial charge in [-0.1, -0.05) is 86.0 Å². The predicted molar refractivity (Wildman–Crippen MR) is 164 cm³/mol. The number of anilines is 4. The molecule has 2 heteroatoms. The third-order valence-electron chi connectivity index (χ3n) is 6.59. The highest BCUT2D eigenvalue weighted by molar-refractivity contribution is 5.98. The van der Waals surface area contributed by atoms with Gasteiger partial charge in [-0.2, -0.15) is 0 Å². The monoisotopic (exact) mass is 484 g/mol. The van der Waals surface area contributed by atoms with E-state index in [1.807, 2.05) is 25.2 Å². The van der Waals surface area contributed by atoms with Gasteiger partial charge in [-0.05, 0) is 79.4 Å². The van der Waals surface area contributed by atoms with Gasteiger partial charge in [-0.25, -0.2) is 0 Å². The van der Waals surface area contributed by atoms with Crippen LogP contribution >= 0.6 is 0 Å². The van der Waals surface area contributed by atoms with Crippen LogP contribution in [0.15, 0.2) is 122 Å². The van der Waals surface area contributed by atoms with E-state index in [0.29, 0.717) is 0 Å². The van der Waals surface area contributed by atoms with Gasteiger partial charge >= 0.3 is 0 Å². The minimum Gasteiger partial charge on any atom is -0.344 e. The van der Waals surface area contributed by atoms with Crippen molar-refractivity contribution in [1.82, 2.24) is 0 Å². The van der Waals surface area contributed by atoms with Crippen molar-refractivity contribution in [2.75, 3.05) is 23.4 Å². The molecule has 0 aliphatic carbocycles. The fraction of sp³-hybridized carbons (Fsp3) is 0.143. The quantitative estimate of drug-likeness (QED) is 0.321. The number of rotatable bonds is 6. The first-order valence-electron chi connectivity index (χ1n) is 12.7. The molecule has 0 saturated carbocycles. The Bertz CT molecular complexity index is 1430. The van der Waals surface area contributed by atoms with Crippen molar-refractivity contribution in [3.63, 3.8) is 0 Å². The second kappa shape index (κ2) is 11.6. The Morgan fingerprint density at radius 1 is 0.946 bits per heavy atom. The topological polar surface area (TPSA) is 6.48 Å². The summed E-state index contributed by atoms with van der Waals surface area (Å²) in [6, 6.07) is 21.7. The second-order valence-corrected chi connectivity index (χ2v) is 9.42. The maximum Gasteiger partial charge on any atom is 0.0501 e. The average Bonchev–Trinajstić information content (AvgIpc) is 2.97. The molecule has 0 radical (unpaired) electrons. The van der Waals surface area contributed by atoms with E-state index >= 15 is 0 Å². The number of hydrogen-bond donors (Lipinski definition) is 0. The van der Waals surface area contributed by atoms with Crippen LogP contribution < -0.4 is 9.80 Å². The molecule has 0 aromatic heterocycles. The van der Waals surface area contributed by atoms with Crippen molar-refractivity contribution in [1.29, 1.82) is 0 Å². The summed E-state index contributed by atoms with van der Waals surface area (Å²) in [6.07, 6.45) is 16.6. The van der Waals surface area contributed by atoms with Crippen LogP contribution in [0.3, 0.4) is 0 Å². The fourth-order valence-electron chi connectivity index (χ4n) is 4.72. The van der Waals surface area contributed by atoms with Gasteiger partial charge < -0.3 is 9.80 Å². The summed E-state index contributed by atoms with van der Waals surface area (Å²) in [5, 5.41) is 0. The second-order valence-electron chi connectivity index (χ2n) is 9.42. The normalized spacial score (nSPS) is 15.2. The summed E-state index contributed by atoms with van der Waals surface area (Å²) in [7, 11) is 2.12. The predicted octanol–water partition coefficient (Wildman–Crippen LogP) is 9.49. The van der Waals surface area contributed by atoms with E-state index in [1.54, 1.807) is 0 Å². The zero-order valence-corrected chi connectivity index (χ0v) is 22.4. The van der Waals surface area contributed by atoms with Crippen LogP contribution in [-0.4, -0.2) is 13.6 Å². The molecule has 37 heavy (non-hydrogen) atoms. The molecule has 3 aromatic rings. The lowest BCUT2D eigenvalue weighted by molar-refractivity contribution is 1.08. The summed E-state index contributed by atoms with van der Waals surface area (Å²) >= 11 is 0. The first-order chi connectivity index (χ1) is 17.9. The van der Waals surface area contributed by atoms with Crippen molar-refractivity contribution in [3.8, 4) is 0 Å². The fourth-order valence-corrected chi connectivity index (χ4v) is 4.72. The Morgan fingerprint density at radius 2 is 1.70 bits per heavy atom. The maximum absolute atomic E-state index is 4.54. The largest absolute Gasteiger partial charge is 0.344 e. The summed E-state index contributed by atoms with van der Waals surface area (Å²) in [6.45, 7) is 16.1. The average molecular weight is 485 g/mol. The van der Waals surface area contributed by atoms with Gasteiger partial charge in [0.1, 0.15) is 0 Å². The minimum absolute atomic E-state index is 0.751. The number of allylic oxidation sites excluding steroid dienone is 9. The van der Waals surface area contributed by atoms with E-state index < -0.39 is 0 Å². The molecule has 0 amide bonds. The Balaban J connectivity index is 2.01. The van der Waals surface area contributed by atoms with Gasteiger partial charge in [0.15, 0.2) is 0 Å². The Hall–Kier alpha value is -4.30. The van der Waals surface area contributed by atoms with Crippen LogP contribution in [0.5, 0.6) is 0 Å². The van der Waals surface area contributed by atoms with Gasteiger partial charge in [0, 0.05) is 41.8 Å².